The molecule has 55 heavy (non-hydrogen) atoms. The highest BCUT2D eigenvalue weighted by Crippen LogP contribution is 2.44. The van der Waals surface area contributed by atoms with Crippen molar-refractivity contribution in [3.63, 3.8) is 0 Å². The molecule has 0 N–H and O–H groups in total. The molecule has 9 aromatic carbocycles. The van der Waals surface area contributed by atoms with Gasteiger partial charge in [-0.2, -0.15) is 0 Å². The molecule has 4 aromatic heterocycles. The molecule has 0 saturated heterocycles. The second-order valence-electron chi connectivity index (χ2n) is 14.5. The standard InChI is InChI=1S/C50H27N3S2/c1-3-16-35-30(11-1)31-12-2-4-17-36(31)48-46(35)47(29-22-24-45-40(26-29)34-15-7-9-19-43(34)54-45)51-50(52-48)53-41-18-8-5-13-32(41)39-25-28-21-23-37-33-14-6-10-20-44(33)55-49(37)38(28)27-42(39)53/h1-27H. The Labute approximate surface area is 322 Å². The number of fused-ring (bicyclic) bond motifs is 17. The summed E-state index contributed by atoms with van der Waals surface area (Å²) in [6, 6.07) is 59.8. The molecule has 3 nitrogen and oxygen atoms in total. The Bertz CT molecular complexity index is 3790. The van der Waals surface area contributed by atoms with Crippen molar-refractivity contribution >= 4 is 128 Å². The molecular weight excluding hydrogens is 707 g/mol. The highest BCUT2D eigenvalue weighted by molar-refractivity contribution is 7.26. The molecule has 0 saturated carbocycles. The van der Waals surface area contributed by atoms with Crippen LogP contribution in [0.25, 0.3) is 123 Å². The van der Waals surface area contributed by atoms with Crippen LogP contribution >= 0.6 is 22.7 Å². The largest absolute Gasteiger partial charge is 0.278 e. The highest BCUT2D eigenvalue weighted by Gasteiger charge is 2.22. The molecule has 0 atom stereocenters. The second-order valence-corrected chi connectivity index (χ2v) is 16.6. The van der Waals surface area contributed by atoms with Crippen LogP contribution in [0.2, 0.25) is 0 Å². The highest BCUT2D eigenvalue weighted by atomic mass is 32.1. The van der Waals surface area contributed by atoms with Gasteiger partial charge in [0, 0.05) is 72.8 Å². The fourth-order valence-corrected chi connectivity index (χ4v) is 11.4. The van der Waals surface area contributed by atoms with E-state index in [1.165, 1.54) is 72.7 Å². The van der Waals surface area contributed by atoms with Crippen molar-refractivity contribution in [1.29, 1.82) is 0 Å². The summed E-state index contributed by atoms with van der Waals surface area (Å²) in [6.07, 6.45) is 0. The molecule has 0 aliphatic rings. The number of hydrogen-bond acceptors (Lipinski definition) is 4. The fourth-order valence-electron chi connectivity index (χ4n) is 9.13. The van der Waals surface area contributed by atoms with Gasteiger partial charge in [0.2, 0.25) is 5.95 Å². The van der Waals surface area contributed by atoms with Crippen molar-refractivity contribution in [1.82, 2.24) is 14.5 Å². The summed E-state index contributed by atoms with van der Waals surface area (Å²) in [6.45, 7) is 0. The first kappa shape index (κ1) is 29.8. The van der Waals surface area contributed by atoms with E-state index >= 15 is 0 Å². The van der Waals surface area contributed by atoms with Gasteiger partial charge in [0.1, 0.15) is 0 Å². The SMILES string of the molecule is c1ccc2c(c1)sc1ccc(-c3nc(-n4c5ccccc5c5cc6ccc7c8ccccc8sc7c6cc54)nc4c5ccccc5c5ccccc5c34)cc12. The minimum atomic E-state index is 0.673. The summed E-state index contributed by atoms with van der Waals surface area (Å²) in [5, 5.41) is 15.8. The van der Waals surface area contributed by atoms with Gasteiger partial charge in [0.25, 0.3) is 0 Å². The molecule has 0 bridgehead atoms. The number of hydrogen-bond donors (Lipinski definition) is 0. The van der Waals surface area contributed by atoms with E-state index in [-0.39, 0.29) is 0 Å². The Hall–Kier alpha value is -6.66. The molecule has 0 unspecified atom stereocenters. The van der Waals surface area contributed by atoms with Crippen LogP contribution in [0.1, 0.15) is 0 Å². The number of benzene rings is 9. The molecule has 13 rings (SSSR count). The molecule has 0 aliphatic heterocycles. The van der Waals surface area contributed by atoms with E-state index in [9.17, 15) is 0 Å². The quantitative estimate of drug-likeness (QED) is 0.166. The lowest BCUT2D eigenvalue weighted by Crippen LogP contribution is -2.04. The lowest BCUT2D eigenvalue weighted by Gasteiger charge is -2.16. The van der Waals surface area contributed by atoms with E-state index in [0.717, 1.165) is 44.0 Å². The van der Waals surface area contributed by atoms with Gasteiger partial charge >= 0.3 is 0 Å². The first-order chi connectivity index (χ1) is 27.3. The third kappa shape index (κ3) is 4.09. The molecule has 4 heterocycles. The van der Waals surface area contributed by atoms with Gasteiger partial charge in [-0.15, -0.1) is 22.7 Å². The number of rotatable bonds is 2. The molecular formula is C50H27N3S2. The first-order valence-electron chi connectivity index (χ1n) is 18.6. The molecule has 0 fully saturated rings. The zero-order valence-electron chi connectivity index (χ0n) is 29.2. The van der Waals surface area contributed by atoms with Crippen LogP contribution in [-0.2, 0) is 0 Å². The molecule has 0 spiro atoms. The first-order valence-corrected chi connectivity index (χ1v) is 20.2. The van der Waals surface area contributed by atoms with Gasteiger partial charge in [0.05, 0.1) is 22.2 Å². The zero-order chi connectivity index (χ0) is 35.8. The van der Waals surface area contributed by atoms with Gasteiger partial charge in [-0.1, -0.05) is 121 Å². The second kappa shape index (κ2) is 11.0. The maximum atomic E-state index is 5.68. The lowest BCUT2D eigenvalue weighted by atomic mass is 9.94. The summed E-state index contributed by atoms with van der Waals surface area (Å²) in [5.74, 6) is 0.673. The topological polar surface area (TPSA) is 30.7 Å². The van der Waals surface area contributed by atoms with Crippen molar-refractivity contribution in [2.45, 2.75) is 0 Å². The number of aromatic nitrogens is 3. The fraction of sp³-hybridized carbons (Fsp3) is 0. The number of thiophene rings is 2. The van der Waals surface area contributed by atoms with Crippen LogP contribution < -0.4 is 0 Å². The van der Waals surface area contributed by atoms with E-state index < -0.39 is 0 Å². The Kier molecular flexibility index (Phi) is 5.93. The average molecular weight is 734 g/mol. The van der Waals surface area contributed by atoms with Crippen LogP contribution in [-0.4, -0.2) is 14.5 Å². The van der Waals surface area contributed by atoms with Crippen molar-refractivity contribution < 1.29 is 0 Å². The Balaban J connectivity index is 1.20. The summed E-state index contributed by atoms with van der Waals surface area (Å²) >= 11 is 3.72. The third-order valence-electron chi connectivity index (χ3n) is 11.6. The Morgan fingerprint density at radius 1 is 0.382 bits per heavy atom. The van der Waals surface area contributed by atoms with E-state index in [4.69, 9.17) is 9.97 Å². The maximum Gasteiger partial charge on any atom is 0.235 e. The molecule has 5 heteroatoms. The van der Waals surface area contributed by atoms with E-state index in [0.29, 0.717) is 5.95 Å². The van der Waals surface area contributed by atoms with Crippen LogP contribution in [0.4, 0.5) is 0 Å². The van der Waals surface area contributed by atoms with E-state index in [1.54, 1.807) is 0 Å². The zero-order valence-corrected chi connectivity index (χ0v) is 30.9. The monoisotopic (exact) mass is 733 g/mol. The predicted octanol–water partition coefficient (Wildman–Crippen LogP) is 14.6. The molecule has 0 radical (unpaired) electrons. The van der Waals surface area contributed by atoms with Crippen LogP contribution in [0.3, 0.4) is 0 Å². The smallest absolute Gasteiger partial charge is 0.235 e. The Morgan fingerprint density at radius 2 is 1.02 bits per heavy atom. The van der Waals surface area contributed by atoms with Crippen molar-refractivity contribution in [3.05, 3.63) is 164 Å². The van der Waals surface area contributed by atoms with Gasteiger partial charge in [0.15, 0.2) is 0 Å². The summed E-state index contributed by atoms with van der Waals surface area (Å²) < 4.78 is 7.50. The number of para-hydroxylation sites is 1. The van der Waals surface area contributed by atoms with Crippen LogP contribution in [0.5, 0.6) is 0 Å². The molecule has 0 aliphatic carbocycles. The predicted molar refractivity (Wildman–Crippen MR) is 238 cm³/mol. The maximum absolute atomic E-state index is 5.68. The van der Waals surface area contributed by atoms with Gasteiger partial charge in [-0.05, 0) is 64.0 Å². The van der Waals surface area contributed by atoms with E-state index in [1.807, 2.05) is 22.7 Å². The van der Waals surface area contributed by atoms with E-state index in [2.05, 4.69) is 168 Å². The van der Waals surface area contributed by atoms with Gasteiger partial charge < -0.3 is 0 Å². The summed E-state index contributed by atoms with van der Waals surface area (Å²) in [5.41, 5.74) is 5.19. The van der Waals surface area contributed by atoms with Crippen LogP contribution in [0.15, 0.2) is 164 Å². The minimum absolute atomic E-state index is 0.673. The van der Waals surface area contributed by atoms with Crippen LogP contribution in [0, 0.1) is 0 Å². The lowest BCUT2D eigenvalue weighted by molar-refractivity contribution is 1.02. The van der Waals surface area contributed by atoms with Crippen molar-refractivity contribution in [2.24, 2.45) is 0 Å². The van der Waals surface area contributed by atoms with Crippen molar-refractivity contribution in [3.8, 4) is 17.2 Å². The average Bonchev–Trinajstić information content (AvgIpc) is 3.92. The third-order valence-corrected chi connectivity index (χ3v) is 13.9. The Morgan fingerprint density at radius 3 is 1.84 bits per heavy atom. The minimum Gasteiger partial charge on any atom is -0.278 e. The molecule has 0 amide bonds. The number of nitrogens with zero attached hydrogens (tertiary/aromatic N) is 3. The molecule has 13 aromatic rings. The van der Waals surface area contributed by atoms with Gasteiger partial charge in [-0.3, -0.25) is 4.57 Å². The van der Waals surface area contributed by atoms with Crippen molar-refractivity contribution in [2.75, 3.05) is 0 Å². The van der Waals surface area contributed by atoms with Gasteiger partial charge in [-0.25, -0.2) is 9.97 Å². The normalized spacial score (nSPS) is 12.4. The molecule has 254 valence electrons. The summed E-state index contributed by atoms with van der Waals surface area (Å²) in [4.78, 5) is 11.3. The summed E-state index contributed by atoms with van der Waals surface area (Å²) in [7, 11) is 0.